The number of rotatable bonds is 4. The van der Waals surface area contributed by atoms with Crippen LogP contribution in [-0.2, 0) is 0 Å². The van der Waals surface area contributed by atoms with Gasteiger partial charge in [0.05, 0.1) is 0 Å². The molecule has 0 spiro atoms. The van der Waals surface area contributed by atoms with Crippen LogP contribution in [0.2, 0.25) is 0 Å². The summed E-state index contributed by atoms with van der Waals surface area (Å²) in [6.45, 7) is 14.0. The molecule has 1 aliphatic rings. The molecule has 2 atom stereocenters. The molecule has 14 heavy (non-hydrogen) atoms. The summed E-state index contributed by atoms with van der Waals surface area (Å²) >= 11 is 0. The van der Waals surface area contributed by atoms with Gasteiger partial charge in [-0.15, -0.1) is 6.58 Å². The minimum absolute atomic E-state index is 0.671. The van der Waals surface area contributed by atoms with E-state index in [1.54, 1.807) is 0 Å². The van der Waals surface area contributed by atoms with Crippen molar-refractivity contribution in [2.75, 3.05) is 19.6 Å². The molecule has 0 saturated carbocycles. The molecule has 1 saturated heterocycles. The largest absolute Gasteiger partial charge is 0.311 e. The fourth-order valence-electron chi connectivity index (χ4n) is 2.21. The van der Waals surface area contributed by atoms with Crippen LogP contribution in [-0.4, -0.2) is 36.6 Å². The van der Waals surface area contributed by atoms with Crippen LogP contribution in [0.1, 0.15) is 27.2 Å². The Morgan fingerprint density at radius 2 is 2.29 bits per heavy atom. The minimum atomic E-state index is 0.671. The smallest absolute Gasteiger partial charge is 0.0247 e. The van der Waals surface area contributed by atoms with Crippen LogP contribution < -0.4 is 5.32 Å². The maximum absolute atomic E-state index is 3.84. The second-order valence-corrected chi connectivity index (χ2v) is 4.57. The number of hydrogen-bond acceptors (Lipinski definition) is 2. The van der Waals surface area contributed by atoms with Gasteiger partial charge in [0.25, 0.3) is 0 Å². The van der Waals surface area contributed by atoms with E-state index in [4.69, 9.17) is 0 Å². The first kappa shape index (κ1) is 11.7. The monoisotopic (exact) mass is 196 g/mol. The molecule has 1 fully saturated rings. The Morgan fingerprint density at radius 3 is 2.79 bits per heavy atom. The average molecular weight is 196 g/mol. The van der Waals surface area contributed by atoms with Gasteiger partial charge in [-0.2, -0.15) is 0 Å². The number of nitrogens with zero attached hydrogens (tertiary/aromatic N) is 1. The van der Waals surface area contributed by atoms with Gasteiger partial charge in [-0.25, -0.2) is 0 Å². The van der Waals surface area contributed by atoms with E-state index in [1.807, 2.05) is 6.08 Å². The molecule has 2 nitrogen and oxygen atoms in total. The minimum Gasteiger partial charge on any atom is -0.311 e. The molecule has 1 N–H and O–H groups in total. The lowest BCUT2D eigenvalue weighted by Crippen LogP contribution is -2.57. The predicted octanol–water partition coefficient (Wildman–Crippen LogP) is 1.88. The van der Waals surface area contributed by atoms with Gasteiger partial charge in [0.1, 0.15) is 0 Å². The summed E-state index contributed by atoms with van der Waals surface area (Å²) in [5, 5.41) is 3.61. The lowest BCUT2D eigenvalue weighted by atomic mass is 9.98. The molecule has 2 heteroatoms. The van der Waals surface area contributed by atoms with E-state index in [0.29, 0.717) is 12.1 Å². The zero-order chi connectivity index (χ0) is 10.6. The van der Waals surface area contributed by atoms with Crippen LogP contribution in [0.4, 0.5) is 0 Å². The van der Waals surface area contributed by atoms with Crippen LogP contribution in [0.15, 0.2) is 12.7 Å². The first-order valence-corrected chi connectivity index (χ1v) is 5.77. The molecule has 1 aliphatic heterocycles. The van der Waals surface area contributed by atoms with Gasteiger partial charge < -0.3 is 5.32 Å². The second kappa shape index (κ2) is 5.52. The van der Waals surface area contributed by atoms with Crippen LogP contribution >= 0.6 is 0 Å². The van der Waals surface area contributed by atoms with E-state index in [2.05, 4.69) is 37.6 Å². The van der Waals surface area contributed by atoms with Gasteiger partial charge in [0.2, 0.25) is 0 Å². The number of piperazine rings is 1. The summed E-state index contributed by atoms with van der Waals surface area (Å²) in [6.07, 6.45) is 3.24. The molecule has 0 aromatic carbocycles. The third-order valence-electron chi connectivity index (χ3n) is 3.17. The third kappa shape index (κ3) is 2.82. The average Bonchev–Trinajstić information content (AvgIpc) is 2.17. The molecular formula is C12H24N2. The van der Waals surface area contributed by atoms with Crippen molar-refractivity contribution in [2.24, 2.45) is 5.92 Å². The van der Waals surface area contributed by atoms with Crippen molar-refractivity contribution in [3.63, 3.8) is 0 Å². The van der Waals surface area contributed by atoms with Gasteiger partial charge in [-0.05, 0) is 12.3 Å². The Kier molecular flexibility index (Phi) is 4.63. The summed E-state index contributed by atoms with van der Waals surface area (Å²) in [5.74, 6) is 0.722. The Bertz CT molecular complexity index is 177. The van der Waals surface area contributed by atoms with Crippen molar-refractivity contribution >= 4 is 0 Å². The first-order valence-electron chi connectivity index (χ1n) is 5.77. The van der Waals surface area contributed by atoms with Crippen molar-refractivity contribution in [3.8, 4) is 0 Å². The molecular weight excluding hydrogens is 172 g/mol. The zero-order valence-corrected chi connectivity index (χ0v) is 9.79. The molecule has 0 amide bonds. The Morgan fingerprint density at radius 1 is 1.57 bits per heavy atom. The van der Waals surface area contributed by atoms with Crippen molar-refractivity contribution < 1.29 is 0 Å². The van der Waals surface area contributed by atoms with E-state index >= 15 is 0 Å². The van der Waals surface area contributed by atoms with Crippen LogP contribution in [0.5, 0.6) is 0 Å². The van der Waals surface area contributed by atoms with Gasteiger partial charge in [0, 0.05) is 31.7 Å². The number of nitrogens with one attached hydrogen (secondary N) is 1. The Balaban J connectivity index is 2.55. The Labute approximate surface area is 88.4 Å². The quantitative estimate of drug-likeness (QED) is 0.691. The number of hydrogen-bond donors (Lipinski definition) is 1. The summed E-state index contributed by atoms with van der Waals surface area (Å²) < 4.78 is 0. The van der Waals surface area contributed by atoms with Crippen LogP contribution in [0, 0.1) is 5.92 Å². The topological polar surface area (TPSA) is 15.3 Å². The van der Waals surface area contributed by atoms with Crippen molar-refractivity contribution in [1.29, 1.82) is 0 Å². The predicted molar refractivity (Wildman–Crippen MR) is 62.5 cm³/mol. The fraction of sp³-hybridized carbons (Fsp3) is 0.833. The fourth-order valence-corrected chi connectivity index (χ4v) is 2.21. The van der Waals surface area contributed by atoms with Crippen molar-refractivity contribution in [3.05, 3.63) is 12.7 Å². The van der Waals surface area contributed by atoms with Crippen molar-refractivity contribution in [1.82, 2.24) is 10.2 Å². The van der Waals surface area contributed by atoms with Gasteiger partial charge >= 0.3 is 0 Å². The zero-order valence-electron chi connectivity index (χ0n) is 9.79. The molecule has 82 valence electrons. The summed E-state index contributed by atoms with van der Waals surface area (Å²) in [5.41, 5.74) is 0. The van der Waals surface area contributed by atoms with E-state index < -0.39 is 0 Å². The van der Waals surface area contributed by atoms with Crippen molar-refractivity contribution in [2.45, 2.75) is 39.3 Å². The van der Waals surface area contributed by atoms with Gasteiger partial charge in [-0.1, -0.05) is 26.8 Å². The maximum Gasteiger partial charge on any atom is 0.0247 e. The highest BCUT2D eigenvalue weighted by Gasteiger charge is 2.27. The van der Waals surface area contributed by atoms with Gasteiger partial charge in [-0.3, -0.25) is 4.90 Å². The summed E-state index contributed by atoms with van der Waals surface area (Å²) in [6, 6.07) is 1.35. The lowest BCUT2D eigenvalue weighted by Gasteiger charge is -2.41. The van der Waals surface area contributed by atoms with Crippen LogP contribution in [0.3, 0.4) is 0 Å². The summed E-state index contributed by atoms with van der Waals surface area (Å²) in [7, 11) is 0. The molecule has 0 aromatic heterocycles. The second-order valence-electron chi connectivity index (χ2n) is 4.57. The molecule has 1 rings (SSSR count). The lowest BCUT2D eigenvalue weighted by molar-refractivity contribution is 0.110. The highest BCUT2D eigenvalue weighted by Crippen LogP contribution is 2.15. The van der Waals surface area contributed by atoms with E-state index in [1.165, 1.54) is 13.0 Å². The molecule has 0 aromatic rings. The normalized spacial score (nSPS) is 29.4. The van der Waals surface area contributed by atoms with E-state index in [0.717, 1.165) is 19.0 Å². The van der Waals surface area contributed by atoms with E-state index in [-0.39, 0.29) is 0 Å². The Hall–Kier alpha value is -0.340. The standard InChI is InChI=1S/C12H24N2/c1-5-7-14-9-11(6-2)13-8-12(14)10(3)4/h5,10-13H,1,6-9H2,2-4H3. The SMILES string of the molecule is C=CCN1CC(CC)NCC1C(C)C. The maximum atomic E-state index is 3.84. The highest BCUT2D eigenvalue weighted by atomic mass is 15.2. The third-order valence-corrected chi connectivity index (χ3v) is 3.17. The molecule has 2 unspecified atom stereocenters. The van der Waals surface area contributed by atoms with E-state index in [9.17, 15) is 0 Å². The van der Waals surface area contributed by atoms with Gasteiger partial charge in [0.15, 0.2) is 0 Å². The highest BCUT2D eigenvalue weighted by molar-refractivity contribution is 4.90. The summed E-state index contributed by atoms with van der Waals surface area (Å²) in [4.78, 5) is 2.56. The first-order chi connectivity index (χ1) is 6.69. The van der Waals surface area contributed by atoms with Crippen LogP contribution in [0.25, 0.3) is 0 Å². The molecule has 1 heterocycles. The molecule has 0 aliphatic carbocycles. The molecule has 0 radical (unpaired) electrons. The molecule has 0 bridgehead atoms.